The van der Waals surface area contributed by atoms with Crippen molar-refractivity contribution in [2.24, 2.45) is 0 Å². The van der Waals surface area contributed by atoms with Crippen LogP contribution in [-0.2, 0) is 6.61 Å². The minimum Gasteiger partial charge on any atom is -0.455 e. The van der Waals surface area contributed by atoms with Crippen LogP contribution in [0.25, 0.3) is 0 Å². The third-order valence-electron chi connectivity index (χ3n) is 5.73. The molecule has 2 aromatic heterocycles. The normalized spacial score (nSPS) is 9.87. The molecule has 4 aromatic rings. The summed E-state index contributed by atoms with van der Waals surface area (Å²) in [5.41, 5.74) is 5.34. The predicted molar refractivity (Wildman–Crippen MR) is 141 cm³/mol. The molecule has 0 atom stereocenters. The van der Waals surface area contributed by atoms with Crippen LogP contribution in [-0.4, -0.2) is 21.4 Å². The zero-order valence-corrected chi connectivity index (χ0v) is 21.5. The Morgan fingerprint density at radius 3 is 1.79 bits per heavy atom. The fourth-order valence-corrected chi connectivity index (χ4v) is 3.54. The molecule has 0 saturated carbocycles. The van der Waals surface area contributed by atoms with Crippen LogP contribution in [0.1, 0.15) is 49.6 Å². The van der Waals surface area contributed by atoms with E-state index in [1.807, 2.05) is 27.7 Å². The molecule has 0 aliphatic rings. The Bertz CT molecular complexity index is 1550. The van der Waals surface area contributed by atoms with E-state index < -0.39 is 0 Å². The Labute approximate surface area is 221 Å². The molecule has 1 N–H and O–H groups in total. The van der Waals surface area contributed by atoms with Crippen molar-refractivity contribution in [1.29, 1.82) is 10.5 Å². The van der Waals surface area contributed by atoms with Gasteiger partial charge in [-0.1, -0.05) is 12.1 Å². The number of nitrogens with zero attached hydrogens (tertiary/aromatic N) is 4. The second-order valence-electron chi connectivity index (χ2n) is 8.34. The van der Waals surface area contributed by atoms with E-state index in [1.54, 1.807) is 54.7 Å². The molecule has 8 nitrogen and oxygen atoms in total. The van der Waals surface area contributed by atoms with Crippen molar-refractivity contribution in [2.75, 3.05) is 0 Å². The first-order chi connectivity index (χ1) is 18.3. The van der Waals surface area contributed by atoms with E-state index in [0.29, 0.717) is 45.4 Å². The summed E-state index contributed by atoms with van der Waals surface area (Å²) >= 11 is 0. The van der Waals surface area contributed by atoms with Crippen LogP contribution in [0.15, 0.2) is 60.9 Å². The van der Waals surface area contributed by atoms with Gasteiger partial charge in [0.25, 0.3) is 0 Å². The number of ether oxygens (including phenoxy) is 2. The highest BCUT2D eigenvalue weighted by Gasteiger charge is 2.12. The van der Waals surface area contributed by atoms with Crippen LogP contribution < -0.4 is 9.47 Å². The van der Waals surface area contributed by atoms with E-state index in [9.17, 15) is 9.90 Å². The summed E-state index contributed by atoms with van der Waals surface area (Å²) in [4.78, 5) is 19.2. The lowest BCUT2D eigenvalue weighted by molar-refractivity contribution is 0.112. The number of aryl methyl sites for hydroxylation is 2. The Morgan fingerprint density at radius 2 is 1.32 bits per heavy atom. The number of hydrogen-bond donors (Lipinski definition) is 1. The zero-order valence-electron chi connectivity index (χ0n) is 21.5. The number of benzene rings is 2. The first-order valence-electron chi connectivity index (χ1n) is 11.6. The number of aliphatic hydroxyl groups is 1. The van der Waals surface area contributed by atoms with Crippen LogP contribution in [0.5, 0.6) is 23.0 Å². The van der Waals surface area contributed by atoms with Crippen LogP contribution in [0.3, 0.4) is 0 Å². The van der Waals surface area contributed by atoms with Crippen molar-refractivity contribution < 1.29 is 19.4 Å². The molecule has 0 radical (unpaired) electrons. The fraction of sp³-hybridized carbons (Fsp3) is 0.167. The Balaban J connectivity index is 0.000000211. The first kappa shape index (κ1) is 27.5. The Hall–Kier alpha value is -5.05. The van der Waals surface area contributed by atoms with Crippen molar-refractivity contribution in [3.05, 3.63) is 106 Å². The van der Waals surface area contributed by atoms with Crippen molar-refractivity contribution in [3.8, 4) is 35.1 Å². The highest BCUT2D eigenvalue weighted by Crippen LogP contribution is 2.30. The lowest BCUT2D eigenvalue weighted by Crippen LogP contribution is -1.99. The Kier molecular flexibility index (Phi) is 9.26. The van der Waals surface area contributed by atoms with Crippen LogP contribution >= 0.6 is 0 Å². The smallest absolute Gasteiger partial charge is 0.152 e. The summed E-state index contributed by atoms with van der Waals surface area (Å²) in [5, 5.41) is 27.0. The van der Waals surface area contributed by atoms with Crippen molar-refractivity contribution in [3.63, 3.8) is 0 Å². The Morgan fingerprint density at radius 1 is 0.816 bits per heavy atom. The van der Waals surface area contributed by atoms with Gasteiger partial charge in [0.15, 0.2) is 17.8 Å². The van der Waals surface area contributed by atoms with Gasteiger partial charge in [-0.15, -0.1) is 0 Å². The molecule has 0 saturated heterocycles. The maximum absolute atomic E-state index is 10.9. The molecule has 2 aromatic carbocycles. The molecule has 38 heavy (non-hydrogen) atoms. The molecule has 0 spiro atoms. The summed E-state index contributed by atoms with van der Waals surface area (Å²) in [6.45, 7) is 7.27. The van der Waals surface area contributed by atoms with Crippen LogP contribution in [0, 0.1) is 50.4 Å². The predicted octanol–water partition coefficient (Wildman–Crippen LogP) is 6.03. The number of aromatic nitrogens is 2. The summed E-state index contributed by atoms with van der Waals surface area (Å²) in [7, 11) is 0. The van der Waals surface area contributed by atoms with E-state index in [1.165, 1.54) is 6.20 Å². The maximum Gasteiger partial charge on any atom is 0.152 e. The number of carbonyl (C=O) groups excluding carboxylic acids is 1. The molecule has 2 heterocycles. The van der Waals surface area contributed by atoms with E-state index in [2.05, 4.69) is 22.1 Å². The average Bonchev–Trinajstić information content (AvgIpc) is 2.94. The van der Waals surface area contributed by atoms with Gasteiger partial charge in [0.1, 0.15) is 11.5 Å². The summed E-state index contributed by atoms with van der Waals surface area (Å²) < 4.78 is 11.6. The standard InChI is InChI=1S/C15H14N2O2.C15H12N2O2/c2*1-10-13(9-18)8-17-11(2)15(10)19-14-5-3-4-12(6-14)7-16/h3-6,8,18H,9H2,1-2H3;3-6,8-9H,1-2H3. The van der Waals surface area contributed by atoms with Gasteiger partial charge in [0.05, 0.1) is 41.3 Å². The third kappa shape index (κ3) is 6.58. The largest absolute Gasteiger partial charge is 0.455 e. The van der Waals surface area contributed by atoms with Gasteiger partial charge >= 0.3 is 0 Å². The van der Waals surface area contributed by atoms with Gasteiger partial charge in [0, 0.05) is 34.6 Å². The second-order valence-corrected chi connectivity index (χ2v) is 8.34. The molecule has 0 unspecified atom stereocenters. The van der Waals surface area contributed by atoms with E-state index in [4.69, 9.17) is 20.0 Å². The van der Waals surface area contributed by atoms with E-state index in [-0.39, 0.29) is 6.61 Å². The van der Waals surface area contributed by atoms with Gasteiger partial charge < -0.3 is 14.6 Å². The number of hydrogen-bond acceptors (Lipinski definition) is 8. The monoisotopic (exact) mass is 506 g/mol. The molecule has 0 aliphatic heterocycles. The summed E-state index contributed by atoms with van der Waals surface area (Å²) in [6.07, 6.45) is 3.92. The van der Waals surface area contributed by atoms with Gasteiger partial charge in [-0.2, -0.15) is 10.5 Å². The fourth-order valence-electron chi connectivity index (χ4n) is 3.54. The molecule has 0 fully saturated rings. The first-order valence-corrected chi connectivity index (χ1v) is 11.6. The van der Waals surface area contributed by atoms with E-state index >= 15 is 0 Å². The second kappa shape index (κ2) is 12.8. The number of aldehydes is 1. The lowest BCUT2D eigenvalue weighted by atomic mass is 10.1. The average molecular weight is 507 g/mol. The van der Waals surface area contributed by atoms with Gasteiger partial charge in [0.2, 0.25) is 0 Å². The lowest BCUT2D eigenvalue weighted by Gasteiger charge is -2.13. The molecular formula is C30H26N4O4. The molecule has 0 bridgehead atoms. The van der Waals surface area contributed by atoms with Crippen LogP contribution in [0.2, 0.25) is 0 Å². The molecule has 0 amide bonds. The molecule has 0 aliphatic carbocycles. The molecule has 190 valence electrons. The molecule has 4 rings (SSSR count). The highest BCUT2D eigenvalue weighted by molar-refractivity contribution is 5.78. The minimum absolute atomic E-state index is 0.0757. The third-order valence-corrected chi connectivity index (χ3v) is 5.73. The SMILES string of the molecule is Cc1ncc(C=O)c(C)c1Oc1cccc(C#N)c1.Cc1ncc(CO)c(C)c1Oc1cccc(C#N)c1. The molecule has 8 heteroatoms. The maximum atomic E-state index is 10.9. The van der Waals surface area contributed by atoms with Gasteiger partial charge in [-0.05, 0) is 64.1 Å². The number of carbonyl (C=O) groups is 1. The van der Waals surface area contributed by atoms with Gasteiger partial charge in [-0.25, -0.2) is 0 Å². The quantitative estimate of drug-likeness (QED) is 0.314. The number of aliphatic hydroxyl groups excluding tert-OH is 1. The van der Waals surface area contributed by atoms with Crippen LogP contribution in [0.4, 0.5) is 0 Å². The van der Waals surface area contributed by atoms with Crippen molar-refractivity contribution in [1.82, 2.24) is 9.97 Å². The summed E-state index contributed by atoms with van der Waals surface area (Å²) in [5.74, 6) is 2.32. The van der Waals surface area contributed by atoms with E-state index in [0.717, 1.165) is 28.7 Å². The molecular weight excluding hydrogens is 480 g/mol. The topological polar surface area (TPSA) is 129 Å². The number of rotatable bonds is 6. The highest BCUT2D eigenvalue weighted by atomic mass is 16.5. The minimum atomic E-state index is -0.0757. The number of pyridine rings is 2. The number of nitriles is 2. The summed E-state index contributed by atoms with van der Waals surface area (Å²) in [6, 6.07) is 17.9. The van der Waals surface area contributed by atoms with Crippen molar-refractivity contribution in [2.45, 2.75) is 34.3 Å². The zero-order chi connectivity index (χ0) is 27.7. The van der Waals surface area contributed by atoms with Gasteiger partial charge in [-0.3, -0.25) is 14.8 Å². The van der Waals surface area contributed by atoms with Crippen molar-refractivity contribution >= 4 is 6.29 Å².